The molecule has 3 aliphatic carbocycles. The maximum atomic E-state index is 10.5. The minimum atomic E-state index is -0.438. The molecule has 0 heterocycles. The van der Waals surface area contributed by atoms with Crippen molar-refractivity contribution < 1.29 is 19.9 Å². The Balaban J connectivity index is 0.000000174. The fourth-order valence-electron chi connectivity index (χ4n) is 6.71. The second-order valence-electron chi connectivity index (χ2n) is 10.8. The van der Waals surface area contributed by atoms with E-state index in [0.29, 0.717) is 28.9 Å². The van der Waals surface area contributed by atoms with Crippen LogP contribution in [-0.4, -0.2) is 27.3 Å². The van der Waals surface area contributed by atoms with E-state index in [1.54, 1.807) is 12.1 Å². The van der Waals surface area contributed by atoms with Crippen molar-refractivity contribution in [2.24, 2.45) is 17.3 Å². The lowest BCUT2D eigenvalue weighted by atomic mass is 9.55. The zero-order valence-corrected chi connectivity index (χ0v) is 20.9. The van der Waals surface area contributed by atoms with Crippen molar-refractivity contribution in [3.05, 3.63) is 69.8 Å². The van der Waals surface area contributed by atoms with Gasteiger partial charge in [0.25, 0.3) is 5.69 Å². The molecule has 6 nitrogen and oxygen atoms in total. The summed E-state index contributed by atoms with van der Waals surface area (Å²) in [5.74, 6) is 3.11. The molecule has 6 heteroatoms. The summed E-state index contributed by atoms with van der Waals surface area (Å²) in [5, 5.41) is 30.6. The van der Waals surface area contributed by atoms with Crippen LogP contribution in [0.1, 0.15) is 75.5 Å². The van der Waals surface area contributed by atoms with Crippen LogP contribution in [0.25, 0.3) is 6.08 Å². The molecule has 2 aromatic rings. The molecule has 0 aliphatic heterocycles. The number of phenolic OH excluding ortho intramolecular Hbond substituents is 1. The quantitative estimate of drug-likeness (QED) is 0.379. The van der Waals surface area contributed by atoms with E-state index in [1.807, 2.05) is 26.0 Å². The van der Waals surface area contributed by atoms with Gasteiger partial charge in [0.15, 0.2) is 0 Å². The van der Waals surface area contributed by atoms with Crippen molar-refractivity contribution in [3.63, 3.8) is 0 Å². The van der Waals surface area contributed by atoms with E-state index in [2.05, 4.69) is 19.6 Å². The Morgan fingerprint density at radius 2 is 1.94 bits per heavy atom. The number of nitro benzene ring substituents is 1. The van der Waals surface area contributed by atoms with Gasteiger partial charge in [-0.3, -0.25) is 10.1 Å². The molecule has 2 fully saturated rings. The Morgan fingerprint density at radius 3 is 2.63 bits per heavy atom. The topological polar surface area (TPSA) is 92.8 Å². The van der Waals surface area contributed by atoms with Crippen LogP contribution in [0.15, 0.2) is 43.0 Å². The molecule has 0 spiro atoms. The van der Waals surface area contributed by atoms with Gasteiger partial charge < -0.3 is 14.9 Å². The van der Waals surface area contributed by atoms with E-state index in [1.165, 1.54) is 42.5 Å². The van der Waals surface area contributed by atoms with E-state index < -0.39 is 4.92 Å². The number of benzene rings is 2. The van der Waals surface area contributed by atoms with Gasteiger partial charge in [-0.05, 0) is 105 Å². The highest BCUT2D eigenvalue weighted by atomic mass is 16.6. The summed E-state index contributed by atoms with van der Waals surface area (Å²) in [7, 11) is 0. The molecule has 2 aromatic carbocycles. The van der Waals surface area contributed by atoms with Gasteiger partial charge in [-0.1, -0.05) is 25.6 Å². The summed E-state index contributed by atoms with van der Waals surface area (Å²) in [5.41, 5.74) is 3.67. The lowest BCUT2D eigenvalue weighted by molar-refractivity contribution is -0.384. The van der Waals surface area contributed by atoms with Crippen LogP contribution in [-0.2, 0) is 6.42 Å². The first-order valence-corrected chi connectivity index (χ1v) is 12.7. The van der Waals surface area contributed by atoms with Gasteiger partial charge in [0.05, 0.1) is 17.1 Å². The maximum Gasteiger partial charge on any atom is 0.270 e. The number of aryl methyl sites for hydroxylation is 1. The summed E-state index contributed by atoms with van der Waals surface area (Å²) in [4.78, 5) is 10.1. The molecular formula is C29H37NO5. The van der Waals surface area contributed by atoms with E-state index in [9.17, 15) is 20.3 Å². The number of non-ortho nitro benzene ring substituents is 1. The van der Waals surface area contributed by atoms with Crippen molar-refractivity contribution in [2.45, 2.75) is 77.4 Å². The summed E-state index contributed by atoms with van der Waals surface area (Å²) < 4.78 is 5.48. The van der Waals surface area contributed by atoms with Gasteiger partial charge in [-0.25, -0.2) is 0 Å². The Labute approximate surface area is 207 Å². The standard InChI is InChI=1S/C18H24O2.C11H13NO3/c1-18-9-8-14-13-5-3-12(19)10-11(13)2-4-15(14)16(18)6-7-17(18)20;1-4-9-7-10(12(13)14)5-6-11(9)15-8(2)3/h3,5,10,14-17,19-20H,2,4,6-9H2,1H3;4-8H,1H2,2-3H3/t14-,15-,16+,17+,18+;/m1./s1. The molecule has 5 atom stereocenters. The average molecular weight is 480 g/mol. The minimum Gasteiger partial charge on any atom is -0.508 e. The number of hydrogen-bond donors (Lipinski definition) is 2. The molecule has 0 saturated heterocycles. The Kier molecular flexibility index (Phi) is 7.22. The molecule has 35 heavy (non-hydrogen) atoms. The lowest BCUT2D eigenvalue weighted by Crippen LogP contribution is -2.43. The first-order valence-electron chi connectivity index (χ1n) is 12.7. The second-order valence-corrected chi connectivity index (χ2v) is 10.8. The van der Waals surface area contributed by atoms with Crippen LogP contribution >= 0.6 is 0 Å². The highest BCUT2D eigenvalue weighted by molar-refractivity contribution is 5.59. The molecule has 0 amide bonds. The molecule has 2 N–H and O–H groups in total. The summed E-state index contributed by atoms with van der Waals surface area (Å²) in [6, 6.07) is 10.4. The Hall–Kier alpha value is -2.86. The summed E-state index contributed by atoms with van der Waals surface area (Å²) in [6.07, 6.45) is 8.36. The lowest BCUT2D eigenvalue weighted by Gasteiger charge is -2.50. The maximum absolute atomic E-state index is 10.5. The normalized spacial score (nSPS) is 28.7. The predicted molar refractivity (Wildman–Crippen MR) is 138 cm³/mol. The van der Waals surface area contributed by atoms with Crippen molar-refractivity contribution in [2.75, 3.05) is 0 Å². The van der Waals surface area contributed by atoms with Crippen LogP contribution in [0.3, 0.4) is 0 Å². The molecule has 2 saturated carbocycles. The summed E-state index contributed by atoms with van der Waals surface area (Å²) >= 11 is 0. The molecule has 0 radical (unpaired) electrons. The number of ether oxygens (including phenoxy) is 1. The largest absolute Gasteiger partial charge is 0.508 e. The number of aliphatic hydroxyl groups is 1. The van der Waals surface area contributed by atoms with Gasteiger partial charge in [0.2, 0.25) is 0 Å². The number of aliphatic hydroxyl groups excluding tert-OH is 1. The van der Waals surface area contributed by atoms with Crippen LogP contribution in [0.4, 0.5) is 5.69 Å². The number of hydrogen-bond acceptors (Lipinski definition) is 5. The fourth-order valence-corrected chi connectivity index (χ4v) is 6.71. The molecule has 0 aromatic heterocycles. The number of nitrogens with zero attached hydrogens (tertiary/aromatic N) is 1. The van der Waals surface area contributed by atoms with Crippen LogP contribution in [0.2, 0.25) is 0 Å². The van der Waals surface area contributed by atoms with Gasteiger partial charge in [-0.2, -0.15) is 0 Å². The monoisotopic (exact) mass is 479 g/mol. The smallest absolute Gasteiger partial charge is 0.270 e. The molecule has 0 bridgehead atoms. The van der Waals surface area contributed by atoms with Crippen LogP contribution in [0.5, 0.6) is 11.5 Å². The summed E-state index contributed by atoms with van der Waals surface area (Å²) in [6.45, 7) is 9.71. The number of phenols is 1. The average Bonchev–Trinajstić information content (AvgIpc) is 3.13. The van der Waals surface area contributed by atoms with Gasteiger partial charge in [0.1, 0.15) is 11.5 Å². The third-order valence-corrected chi connectivity index (χ3v) is 8.45. The molecule has 188 valence electrons. The highest BCUT2D eigenvalue weighted by Crippen LogP contribution is 2.60. The first-order chi connectivity index (χ1) is 16.6. The number of nitro groups is 1. The van der Waals surface area contributed by atoms with E-state index in [-0.39, 0.29) is 23.3 Å². The van der Waals surface area contributed by atoms with Crippen molar-refractivity contribution >= 4 is 11.8 Å². The predicted octanol–water partition coefficient (Wildman–Crippen LogP) is 6.63. The third kappa shape index (κ3) is 4.94. The molecule has 5 rings (SSSR count). The van der Waals surface area contributed by atoms with E-state index in [4.69, 9.17) is 4.74 Å². The SMILES string of the molecule is C=Cc1cc([N+](=O)[O-])ccc1OC(C)C.C[C@]12CC[C@@H]3c4ccc(O)cc4CC[C@H]3[C@@H]1CC[C@@H]2O. The zero-order chi connectivity index (χ0) is 25.3. The van der Waals surface area contributed by atoms with Crippen molar-refractivity contribution in [1.82, 2.24) is 0 Å². The van der Waals surface area contributed by atoms with Crippen molar-refractivity contribution in [1.29, 1.82) is 0 Å². The fraction of sp³-hybridized carbons (Fsp3) is 0.517. The van der Waals surface area contributed by atoms with Gasteiger partial charge in [-0.15, -0.1) is 0 Å². The van der Waals surface area contributed by atoms with E-state index in [0.717, 1.165) is 25.2 Å². The second kappa shape index (κ2) is 10.0. The van der Waals surface area contributed by atoms with Crippen LogP contribution < -0.4 is 4.74 Å². The third-order valence-electron chi connectivity index (χ3n) is 8.45. The number of aromatic hydroxyl groups is 1. The molecular weight excluding hydrogens is 442 g/mol. The zero-order valence-electron chi connectivity index (χ0n) is 20.9. The van der Waals surface area contributed by atoms with Crippen LogP contribution in [0, 0.1) is 27.4 Å². The minimum absolute atomic E-state index is 0.0326. The van der Waals surface area contributed by atoms with Crippen molar-refractivity contribution in [3.8, 4) is 11.5 Å². The number of rotatable bonds is 4. The number of fused-ring (bicyclic) bond motifs is 5. The molecule has 0 unspecified atom stereocenters. The Bertz CT molecular complexity index is 1100. The van der Waals surface area contributed by atoms with E-state index >= 15 is 0 Å². The first kappa shape index (κ1) is 25.2. The molecule has 3 aliphatic rings. The Morgan fingerprint density at radius 1 is 1.17 bits per heavy atom. The van der Waals surface area contributed by atoms with Gasteiger partial charge >= 0.3 is 0 Å². The highest BCUT2D eigenvalue weighted by Gasteiger charge is 2.54. The van der Waals surface area contributed by atoms with Gasteiger partial charge in [0, 0.05) is 17.7 Å².